The van der Waals surface area contributed by atoms with Crippen molar-refractivity contribution in [3.63, 3.8) is 0 Å². The van der Waals surface area contributed by atoms with Gasteiger partial charge in [0.15, 0.2) is 23.1 Å². The number of H-pyrrole nitrogens is 1. The maximum absolute atomic E-state index is 17.8. The van der Waals surface area contributed by atoms with Crippen molar-refractivity contribution in [2.45, 2.75) is 43.4 Å². The molecule has 12 nitrogen and oxygen atoms in total. The summed E-state index contributed by atoms with van der Waals surface area (Å²) in [5, 5.41) is 24.5. The van der Waals surface area contributed by atoms with E-state index in [1.807, 2.05) is 6.07 Å². The molecule has 2 aromatic heterocycles. The fraction of sp³-hybridized carbons (Fsp3) is 0.314. The largest absolute Gasteiger partial charge is 0.497 e. The number of aliphatic hydroxyl groups excluding tert-OH is 2. The predicted octanol–water partition coefficient (Wildman–Crippen LogP) is 3.51. The highest BCUT2D eigenvalue weighted by atomic mass is 19.1. The van der Waals surface area contributed by atoms with Crippen LogP contribution < -0.4 is 20.3 Å². The molecule has 0 radical (unpaired) electrons. The van der Waals surface area contributed by atoms with E-state index in [9.17, 15) is 19.8 Å². The molecule has 1 fully saturated rings. The molecule has 6 rings (SSSR count). The zero-order valence-electron chi connectivity index (χ0n) is 26.8. The van der Waals surface area contributed by atoms with Crippen molar-refractivity contribution in [1.29, 1.82) is 0 Å². The van der Waals surface area contributed by atoms with Crippen LogP contribution in [0, 0.1) is 5.92 Å². The van der Waals surface area contributed by atoms with Gasteiger partial charge in [0.2, 0.25) is 11.9 Å². The molecule has 4 N–H and O–H groups in total. The third kappa shape index (κ3) is 5.02. The Hall–Kier alpha value is -5.11. The number of nitrogens with one attached hydrogen (secondary N) is 2. The number of ether oxygens (including phenoxy) is 3. The second-order valence-corrected chi connectivity index (χ2v) is 11.8. The lowest BCUT2D eigenvalue weighted by atomic mass is 9.61. The summed E-state index contributed by atoms with van der Waals surface area (Å²) in [7, 11) is 3.06. The molecule has 3 heterocycles. The highest BCUT2D eigenvalue weighted by Crippen LogP contribution is 2.58. The second kappa shape index (κ2) is 12.8. The third-order valence-corrected chi connectivity index (χ3v) is 8.89. The Morgan fingerprint density at radius 2 is 1.58 bits per heavy atom. The number of carbonyl (C=O) groups excluding carboxylic acids is 1. The standard InChI is InChI=1S/C35H36FN5O7/c1-20(2)31(44)39-33-38-30-27(32(45)40-33)37-19-41(30)35(29(36)28(43)26(18-42)48-35)34(21-8-6-5-7-9-21,22-10-14-24(46-3)15-11-22)23-12-16-25(47-4)17-13-23/h5-17,19-20,26,28-29,42-43H,18H2,1-4H3,(H2,38,39,40,44,45)/t26-,28-,29-,35+/m1/s1. The van der Waals surface area contributed by atoms with Crippen molar-refractivity contribution in [2.75, 3.05) is 26.1 Å². The monoisotopic (exact) mass is 657 g/mol. The fourth-order valence-electron chi connectivity index (χ4n) is 6.56. The van der Waals surface area contributed by atoms with Gasteiger partial charge in [0.25, 0.3) is 5.56 Å². The van der Waals surface area contributed by atoms with E-state index in [0.29, 0.717) is 28.2 Å². The van der Waals surface area contributed by atoms with Gasteiger partial charge in [-0.25, -0.2) is 9.37 Å². The van der Waals surface area contributed by atoms with Gasteiger partial charge in [-0.1, -0.05) is 68.4 Å². The maximum atomic E-state index is 17.8. The zero-order chi connectivity index (χ0) is 34.2. The van der Waals surface area contributed by atoms with Crippen LogP contribution in [-0.2, 0) is 20.7 Å². The topological polar surface area (TPSA) is 161 Å². The number of alkyl halides is 1. The Morgan fingerprint density at radius 3 is 2.08 bits per heavy atom. The number of carbonyl (C=O) groups is 1. The molecule has 0 saturated carbocycles. The average molecular weight is 658 g/mol. The summed E-state index contributed by atoms with van der Waals surface area (Å²) in [6, 6.07) is 23.0. The molecule has 1 amide bonds. The third-order valence-electron chi connectivity index (χ3n) is 8.89. The number of nitrogens with zero attached hydrogens (tertiary/aromatic N) is 3. The molecule has 48 heavy (non-hydrogen) atoms. The first-order valence-corrected chi connectivity index (χ1v) is 15.4. The molecule has 1 aliphatic heterocycles. The summed E-state index contributed by atoms with van der Waals surface area (Å²) >= 11 is 0. The number of hydrogen-bond donors (Lipinski definition) is 4. The van der Waals surface area contributed by atoms with E-state index in [-0.39, 0.29) is 17.1 Å². The fourth-order valence-corrected chi connectivity index (χ4v) is 6.56. The van der Waals surface area contributed by atoms with Gasteiger partial charge in [0, 0.05) is 5.92 Å². The van der Waals surface area contributed by atoms with E-state index >= 15 is 4.39 Å². The van der Waals surface area contributed by atoms with E-state index in [2.05, 4.69) is 20.3 Å². The van der Waals surface area contributed by atoms with Crippen LogP contribution in [0.5, 0.6) is 11.5 Å². The van der Waals surface area contributed by atoms with Gasteiger partial charge in [-0.2, -0.15) is 4.98 Å². The predicted molar refractivity (Wildman–Crippen MR) is 175 cm³/mol. The molecule has 3 aromatic carbocycles. The molecule has 0 aliphatic carbocycles. The van der Waals surface area contributed by atoms with Gasteiger partial charge in [0.1, 0.15) is 23.7 Å². The summed E-state index contributed by atoms with van der Waals surface area (Å²) < 4.78 is 36.6. The van der Waals surface area contributed by atoms with Crippen molar-refractivity contribution < 1.29 is 33.6 Å². The van der Waals surface area contributed by atoms with E-state index in [4.69, 9.17) is 14.2 Å². The van der Waals surface area contributed by atoms with Gasteiger partial charge >= 0.3 is 0 Å². The van der Waals surface area contributed by atoms with E-state index in [0.717, 1.165) is 0 Å². The van der Waals surface area contributed by atoms with E-state index in [1.54, 1.807) is 86.6 Å². The minimum absolute atomic E-state index is 0.131. The average Bonchev–Trinajstić information content (AvgIpc) is 3.65. The number of amides is 1. The normalized spacial score (nSPS) is 21.0. The number of hydrogen-bond acceptors (Lipinski definition) is 9. The van der Waals surface area contributed by atoms with Crippen LogP contribution in [0.15, 0.2) is 90.0 Å². The Bertz CT molecular complexity index is 1920. The van der Waals surface area contributed by atoms with Crippen LogP contribution in [0.25, 0.3) is 11.2 Å². The quantitative estimate of drug-likeness (QED) is 0.165. The number of methoxy groups -OCH3 is 2. The molecule has 0 bridgehead atoms. The van der Waals surface area contributed by atoms with Crippen molar-refractivity contribution in [3.8, 4) is 11.5 Å². The number of aromatic nitrogens is 4. The minimum atomic E-state index is -2.31. The summed E-state index contributed by atoms with van der Waals surface area (Å²) in [6.07, 6.45) is -4.26. The molecule has 0 spiro atoms. The Balaban J connectivity index is 1.80. The number of anilines is 1. The highest BCUT2D eigenvalue weighted by Gasteiger charge is 2.69. The van der Waals surface area contributed by atoms with Gasteiger partial charge in [0.05, 0.1) is 32.6 Å². The molecule has 13 heteroatoms. The number of benzene rings is 3. The molecule has 1 saturated heterocycles. The molecule has 5 aromatic rings. The first-order valence-electron chi connectivity index (χ1n) is 15.4. The summed E-state index contributed by atoms with van der Waals surface area (Å²) in [5.74, 6) is 0.0361. The highest BCUT2D eigenvalue weighted by molar-refractivity contribution is 5.91. The SMILES string of the molecule is COc1ccc(C(c2ccccc2)(c2ccc(OC)cc2)[C@@]2(n3cnc4c(=O)[nH]c(NC(=O)C(C)C)nc43)O[C@H](CO)[C@@H](O)[C@H]2F)cc1. The summed E-state index contributed by atoms with van der Waals surface area (Å²) in [6.45, 7) is 2.63. The molecule has 250 valence electrons. The Kier molecular flexibility index (Phi) is 8.77. The van der Waals surface area contributed by atoms with Gasteiger partial charge in [-0.15, -0.1) is 0 Å². The van der Waals surface area contributed by atoms with Crippen molar-refractivity contribution in [3.05, 3.63) is 112 Å². The number of fused-ring (bicyclic) bond motifs is 1. The van der Waals surface area contributed by atoms with Gasteiger partial charge in [-0.3, -0.25) is 24.5 Å². The first kappa shape index (κ1) is 32.8. The number of aliphatic hydroxyl groups is 2. The Morgan fingerprint density at radius 1 is 1.02 bits per heavy atom. The number of imidazole rings is 1. The van der Waals surface area contributed by atoms with Crippen LogP contribution >= 0.6 is 0 Å². The van der Waals surface area contributed by atoms with Crippen LogP contribution in [0.3, 0.4) is 0 Å². The van der Waals surface area contributed by atoms with Crippen LogP contribution in [-0.4, -0.2) is 74.8 Å². The number of halogens is 1. The maximum Gasteiger partial charge on any atom is 0.280 e. The lowest BCUT2D eigenvalue weighted by molar-refractivity contribution is -0.161. The first-order chi connectivity index (χ1) is 23.1. The second-order valence-electron chi connectivity index (χ2n) is 11.8. The smallest absolute Gasteiger partial charge is 0.280 e. The van der Waals surface area contributed by atoms with Gasteiger partial charge < -0.3 is 24.4 Å². The zero-order valence-corrected chi connectivity index (χ0v) is 26.8. The van der Waals surface area contributed by atoms with Crippen LogP contribution in [0.4, 0.5) is 10.3 Å². The molecular weight excluding hydrogens is 621 g/mol. The molecule has 4 atom stereocenters. The van der Waals surface area contributed by atoms with Crippen LogP contribution in [0.2, 0.25) is 0 Å². The minimum Gasteiger partial charge on any atom is -0.497 e. The van der Waals surface area contributed by atoms with Crippen molar-refractivity contribution in [2.24, 2.45) is 5.92 Å². The lowest BCUT2D eigenvalue weighted by Crippen LogP contribution is -2.60. The Labute approximate surface area is 275 Å². The van der Waals surface area contributed by atoms with E-state index in [1.165, 1.54) is 25.1 Å². The molecular formula is C35H36FN5O7. The van der Waals surface area contributed by atoms with E-state index < -0.39 is 53.5 Å². The number of rotatable bonds is 10. The van der Waals surface area contributed by atoms with Crippen molar-refractivity contribution >= 4 is 23.0 Å². The lowest BCUT2D eigenvalue weighted by Gasteiger charge is -2.50. The van der Waals surface area contributed by atoms with Crippen molar-refractivity contribution in [1.82, 2.24) is 19.5 Å². The summed E-state index contributed by atoms with van der Waals surface area (Å²) in [4.78, 5) is 37.4. The van der Waals surface area contributed by atoms with Crippen LogP contribution in [0.1, 0.15) is 30.5 Å². The molecule has 1 aliphatic rings. The molecule has 0 unspecified atom stereocenters. The summed E-state index contributed by atoms with van der Waals surface area (Å²) in [5.41, 5.74) is -3.43. The number of aromatic amines is 1. The van der Waals surface area contributed by atoms with Gasteiger partial charge in [-0.05, 0) is 41.0 Å².